The van der Waals surface area contributed by atoms with E-state index >= 15 is 0 Å². The average molecular weight is 401 g/mol. The molecule has 0 saturated heterocycles. The minimum Gasteiger partial charge on any atom is -0.493 e. The minimum absolute atomic E-state index is 0.133. The van der Waals surface area contributed by atoms with E-state index in [1.54, 1.807) is 49.5 Å². The molecule has 0 aliphatic rings. The normalized spacial score (nSPS) is 11.7. The molecule has 0 spiro atoms. The number of carbonyl (C=O) groups is 1. The van der Waals surface area contributed by atoms with Crippen molar-refractivity contribution in [3.63, 3.8) is 0 Å². The SMILES string of the molecule is C#CCOc1ccc(/C=C/C(=O)Nc2cc(Cl)ccc2C(O)NC)cc1OC. The van der Waals surface area contributed by atoms with Gasteiger partial charge in [-0.2, -0.15) is 0 Å². The van der Waals surface area contributed by atoms with E-state index in [2.05, 4.69) is 16.6 Å². The van der Waals surface area contributed by atoms with Crippen molar-refractivity contribution in [2.75, 3.05) is 26.1 Å². The van der Waals surface area contributed by atoms with Gasteiger partial charge in [-0.1, -0.05) is 29.7 Å². The zero-order valence-electron chi connectivity index (χ0n) is 15.5. The van der Waals surface area contributed by atoms with E-state index in [1.165, 1.54) is 13.2 Å². The van der Waals surface area contributed by atoms with Crippen LogP contribution in [0.25, 0.3) is 6.08 Å². The number of anilines is 1. The van der Waals surface area contributed by atoms with Gasteiger partial charge < -0.3 is 19.9 Å². The average Bonchev–Trinajstić information content (AvgIpc) is 2.70. The Labute approximate surface area is 169 Å². The Kier molecular flexibility index (Phi) is 7.90. The number of nitrogens with one attached hydrogen (secondary N) is 2. The highest BCUT2D eigenvalue weighted by Gasteiger charge is 2.12. The molecule has 0 fully saturated rings. The molecule has 7 heteroatoms. The summed E-state index contributed by atoms with van der Waals surface area (Å²) in [7, 11) is 3.13. The number of halogens is 1. The van der Waals surface area contributed by atoms with Crippen LogP contribution in [0.1, 0.15) is 17.4 Å². The van der Waals surface area contributed by atoms with Crippen molar-refractivity contribution in [1.29, 1.82) is 0 Å². The Morgan fingerprint density at radius 1 is 1.32 bits per heavy atom. The van der Waals surface area contributed by atoms with Crippen molar-refractivity contribution in [2.24, 2.45) is 0 Å². The van der Waals surface area contributed by atoms with Gasteiger partial charge in [-0.3, -0.25) is 10.1 Å². The summed E-state index contributed by atoms with van der Waals surface area (Å²) in [6.45, 7) is 0.133. The van der Waals surface area contributed by atoms with Crippen molar-refractivity contribution in [3.05, 3.63) is 58.6 Å². The zero-order valence-corrected chi connectivity index (χ0v) is 16.3. The third-order valence-corrected chi connectivity index (χ3v) is 4.00. The first kappa shape index (κ1) is 21.3. The second-order valence-electron chi connectivity index (χ2n) is 5.65. The summed E-state index contributed by atoms with van der Waals surface area (Å²) in [6, 6.07) is 10.1. The molecule has 1 atom stereocenters. The second-order valence-corrected chi connectivity index (χ2v) is 6.08. The minimum atomic E-state index is -0.934. The molecule has 3 N–H and O–H groups in total. The summed E-state index contributed by atoms with van der Waals surface area (Å²) < 4.78 is 10.7. The molecule has 0 radical (unpaired) electrons. The molecule has 2 rings (SSSR count). The number of aliphatic hydroxyl groups is 1. The fraction of sp³-hybridized carbons (Fsp3) is 0.190. The lowest BCUT2D eigenvalue weighted by atomic mass is 10.1. The molecule has 1 unspecified atom stereocenters. The maximum Gasteiger partial charge on any atom is 0.248 e. The lowest BCUT2D eigenvalue weighted by Crippen LogP contribution is -2.18. The monoisotopic (exact) mass is 400 g/mol. The molecule has 1 amide bonds. The molecule has 6 nitrogen and oxygen atoms in total. The smallest absolute Gasteiger partial charge is 0.248 e. The Bertz CT molecular complexity index is 906. The Morgan fingerprint density at radius 2 is 2.11 bits per heavy atom. The maximum absolute atomic E-state index is 12.3. The summed E-state index contributed by atoms with van der Waals surface area (Å²) in [6.07, 6.45) is 7.25. The first-order valence-corrected chi connectivity index (χ1v) is 8.74. The third-order valence-electron chi connectivity index (χ3n) is 3.77. The van der Waals surface area contributed by atoms with Crippen molar-refractivity contribution < 1.29 is 19.4 Å². The number of carbonyl (C=O) groups excluding carboxylic acids is 1. The van der Waals surface area contributed by atoms with Crippen LogP contribution in [0, 0.1) is 12.3 Å². The molecule has 0 heterocycles. The fourth-order valence-corrected chi connectivity index (χ4v) is 2.58. The fourth-order valence-electron chi connectivity index (χ4n) is 2.40. The number of methoxy groups -OCH3 is 1. The van der Waals surface area contributed by atoms with Gasteiger partial charge in [0.25, 0.3) is 0 Å². The van der Waals surface area contributed by atoms with Crippen molar-refractivity contribution in [1.82, 2.24) is 5.32 Å². The maximum atomic E-state index is 12.3. The zero-order chi connectivity index (χ0) is 20.5. The lowest BCUT2D eigenvalue weighted by molar-refractivity contribution is -0.111. The first-order chi connectivity index (χ1) is 13.5. The van der Waals surface area contributed by atoms with Crippen molar-refractivity contribution in [3.8, 4) is 23.8 Å². The standard InChI is InChI=1S/C21H21ClN2O4/c1-4-11-28-18-9-5-14(12-19(18)27-3)6-10-20(25)24-17-13-15(22)7-8-16(17)21(26)23-2/h1,5-10,12-13,21,23,26H,11H2,2-3H3,(H,24,25)/b10-6+. The van der Waals surface area contributed by atoms with Crippen LogP contribution >= 0.6 is 11.6 Å². The molecule has 2 aromatic rings. The quantitative estimate of drug-likeness (QED) is 0.360. The van der Waals surface area contributed by atoms with Crippen molar-refractivity contribution >= 4 is 29.3 Å². The van der Waals surface area contributed by atoms with Crippen molar-refractivity contribution in [2.45, 2.75) is 6.23 Å². The number of terminal acetylenes is 1. The highest BCUT2D eigenvalue weighted by molar-refractivity contribution is 6.31. The van der Waals surface area contributed by atoms with Gasteiger partial charge in [0.05, 0.1) is 7.11 Å². The second kappa shape index (κ2) is 10.4. The number of aliphatic hydroxyl groups excluding tert-OH is 1. The molecule has 0 bridgehead atoms. The largest absolute Gasteiger partial charge is 0.493 e. The van der Waals surface area contributed by atoms with Crippen LogP contribution in [0.4, 0.5) is 5.69 Å². The lowest BCUT2D eigenvalue weighted by Gasteiger charge is -2.15. The predicted octanol–water partition coefficient (Wildman–Crippen LogP) is 3.22. The number of ether oxygens (including phenoxy) is 2. The van der Waals surface area contributed by atoms with E-state index in [-0.39, 0.29) is 12.5 Å². The Morgan fingerprint density at radius 3 is 2.79 bits per heavy atom. The van der Waals surface area contributed by atoms with Gasteiger partial charge in [0.1, 0.15) is 12.8 Å². The van der Waals surface area contributed by atoms with E-state index in [0.29, 0.717) is 27.8 Å². The Hall–Kier alpha value is -2.98. The van der Waals surface area contributed by atoms with Crippen LogP contribution in [0.15, 0.2) is 42.5 Å². The van der Waals surface area contributed by atoms with Gasteiger partial charge in [-0.25, -0.2) is 0 Å². The van der Waals surface area contributed by atoms with E-state index in [1.807, 2.05) is 0 Å². The number of hydrogen-bond donors (Lipinski definition) is 3. The predicted molar refractivity (Wildman–Crippen MR) is 110 cm³/mol. The summed E-state index contributed by atoms with van der Waals surface area (Å²) in [5.41, 5.74) is 1.66. The molecule has 0 aromatic heterocycles. The number of benzene rings is 2. The highest BCUT2D eigenvalue weighted by atomic mass is 35.5. The first-order valence-electron chi connectivity index (χ1n) is 8.36. The number of amides is 1. The molecule has 0 aliphatic heterocycles. The summed E-state index contributed by atoms with van der Waals surface area (Å²) in [5.74, 6) is 3.04. The van der Waals surface area contributed by atoms with Crippen LogP contribution in [0.2, 0.25) is 5.02 Å². The summed E-state index contributed by atoms with van der Waals surface area (Å²) in [5, 5.41) is 15.9. The van der Waals surface area contributed by atoms with E-state index in [4.69, 9.17) is 27.5 Å². The Balaban J connectivity index is 2.14. The third kappa shape index (κ3) is 5.76. The topological polar surface area (TPSA) is 79.8 Å². The number of hydrogen-bond acceptors (Lipinski definition) is 5. The van der Waals surface area contributed by atoms with E-state index < -0.39 is 6.23 Å². The highest BCUT2D eigenvalue weighted by Crippen LogP contribution is 2.29. The van der Waals surface area contributed by atoms with Gasteiger partial charge in [-0.05, 0) is 43.0 Å². The van der Waals surface area contributed by atoms with E-state index in [9.17, 15) is 9.90 Å². The van der Waals surface area contributed by atoms with Gasteiger partial charge in [0.15, 0.2) is 11.5 Å². The molecule has 2 aromatic carbocycles. The van der Waals surface area contributed by atoms with E-state index in [0.717, 1.165) is 5.56 Å². The summed E-state index contributed by atoms with van der Waals surface area (Å²) in [4.78, 5) is 12.3. The van der Waals surface area contributed by atoms with Crippen LogP contribution in [0.5, 0.6) is 11.5 Å². The molecule has 0 saturated carbocycles. The van der Waals surface area contributed by atoms with Crippen LogP contribution in [0.3, 0.4) is 0 Å². The molecular weight excluding hydrogens is 380 g/mol. The van der Waals surface area contributed by atoms with Crippen LogP contribution in [-0.4, -0.2) is 31.8 Å². The molecule has 28 heavy (non-hydrogen) atoms. The molecule has 146 valence electrons. The summed E-state index contributed by atoms with van der Waals surface area (Å²) >= 11 is 6.00. The van der Waals surface area contributed by atoms with Gasteiger partial charge in [0, 0.05) is 22.3 Å². The van der Waals surface area contributed by atoms with Crippen LogP contribution in [-0.2, 0) is 4.79 Å². The molecule has 0 aliphatic carbocycles. The van der Waals surface area contributed by atoms with Crippen LogP contribution < -0.4 is 20.1 Å². The van der Waals surface area contributed by atoms with Gasteiger partial charge in [0.2, 0.25) is 5.91 Å². The van der Waals surface area contributed by atoms with Gasteiger partial charge in [-0.15, -0.1) is 6.42 Å². The number of rotatable bonds is 8. The van der Waals surface area contributed by atoms with Gasteiger partial charge >= 0.3 is 0 Å². The molecular formula is C21H21ClN2O4.